The Hall–Kier alpha value is -0.470. The highest BCUT2D eigenvalue weighted by molar-refractivity contribution is 9.10. The molecule has 0 atom stereocenters. The van der Waals surface area contributed by atoms with Crippen LogP contribution >= 0.6 is 15.9 Å². The second kappa shape index (κ2) is 7.51. The molecule has 0 amide bonds. The molecule has 0 aliphatic heterocycles. The average Bonchev–Trinajstić information content (AvgIpc) is 2.37. The molecule has 0 aromatic heterocycles. The van der Waals surface area contributed by atoms with Gasteiger partial charge in [-0.1, -0.05) is 6.07 Å². The zero-order chi connectivity index (χ0) is 15.3. The van der Waals surface area contributed by atoms with E-state index in [9.17, 15) is 8.42 Å². The van der Waals surface area contributed by atoms with E-state index in [0.717, 1.165) is 5.56 Å². The first kappa shape index (κ1) is 17.6. The maximum Gasteiger partial charge on any atom is 0.241 e. The second-order valence-corrected chi connectivity index (χ2v) is 7.23. The van der Waals surface area contributed by atoms with E-state index >= 15 is 0 Å². The number of ether oxygens (including phenoxy) is 1. The van der Waals surface area contributed by atoms with E-state index in [0.29, 0.717) is 16.6 Å². The molecular weight excluding hydrogens is 346 g/mol. The van der Waals surface area contributed by atoms with Crippen molar-refractivity contribution in [1.82, 2.24) is 4.72 Å². The van der Waals surface area contributed by atoms with Crippen LogP contribution in [-0.2, 0) is 21.4 Å². The Bertz CT molecular complexity index is 558. The fourth-order valence-electron chi connectivity index (χ4n) is 1.64. The monoisotopic (exact) mass is 365 g/mol. The first-order valence-corrected chi connectivity index (χ1v) is 8.56. The Balaban J connectivity index is 2.89. The summed E-state index contributed by atoms with van der Waals surface area (Å²) >= 11 is 3.28. The molecule has 0 spiro atoms. The van der Waals surface area contributed by atoms with Gasteiger partial charge in [0.15, 0.2) is 0 Å². The summed E-state index contributed by atoms with van der Waals surface area (Å²) in [7, 11) is -3.63. The van der Waals surface area contributed by atoms with Crippen LogP contribution in [0, 0.1) is 6.92 Å². The van der Waals surface area contributed by atoms with E-state index in [4.69, 9.17) is 9.84 Å². The van der Waals surface area contributed by atoms with Gasteiger partial charge in [0.25, 0.3) is 0 Å². The van der Waals surface area contributed by atoms with Crippen molar-refractivity contribution < 1.29 is 18.3 Å². The molecule has 0 fully saturated rings. The van der Waals surface area contributed by atoms with E-state index in [1.807, 2.05) is 13.8 Å². The number of hydrogen-bond acceptors (Lipinski definition) is 4. The predicted octanol–water partition coefficient (Wildman–Crippen LogP) is 1.95. The number of rotatable bonds is 7. The summed E-state index contributed by atoms with van der Waals surface area (Å²) in [6.07, 6.45) is 0.0613. The lowest BCUT2D eigenvalue weighted by molar-refractivity contribution is 0.0834. The van der Waals surface area contributed by atoms with Gasteiger partial charge in [-0.05, 0) is 53.9 Å². The molecule has 0 aliphatic carbocycles. The SMILES string of the molecule is Cc1cc(CO)cc(S(=O)(=O)NCCOC(C)C)c1Br. The molecule has 5 nitrogen and oxygen atoms in total. The summed E-state index contributed by atoms with van der Waals surface area (Å²) in [5.41, 5.74) is 1.32. The summed E-state index contributed by atoms with van der Waals surface area (Å²) in [5, 5.41) is 9.17. The molecule has 0 saturated carbocycles. The molecule has 7 heteroatoms. The van der Waals surface area contributed by atoms with E-state index in [-0.39, 0.29) is 24.2 Å². The average molecular weight is 366 g/mol. The Morgan fingerprint density at radius 1 is 1.40 bits per heavy atom. The molecule has 1 aromatic rings. The number of benzene rings is 1. The number of sulfonamides is 1. The number of aliphatic hydroxyl groups excluding tert-OH is 1. The van der Waals surface area contributed by atoms with Gasteiger partial charge in [0.2, 0.25) is 10.0 Å². The van der Waals surface area contributed by atoms with Crippen molar-refractivity contribution in [2.75, 3.05) is 13.2 Å². The lowest BCUT2D eigenvalue weighted by atomic mass is 10.1. The summed E-state index contributed by atoms with van der Waals surface area (Å²) in [6, 6.07) is 3.20. The van der Waals surface area contributed by atoms with E-state index in [1.54, 1.807) is 13.0 Å². The van der Waals surface area contributed by atoms with Crippen LogP contribution < -0.4 is 4.72 Å². The highest BCUT2D eigenvalue weighted by atomic mass is 79.9. The molecule has 0 saturated heterocycles. The molecule has 0 bridgehead atoms. The van der Waals surface area contributed by atoms with E-state index < -0.39 is 10.0 Å². The van der Waals surface area contributed by atoms with E-state index in [2.05, 4.69) is 20.7 Å². The number of halogens is 1. The molecule has 0 aliphatic rings. The van der Waals surface area contributed by atoms with Gasteiger partial charge < -0.3 is 9.84 Å². The third kappa shape index (κ3) is 4.82. The first-order valence-electron chi connectivity index (χ1n) is 6.29. The van der Waals surface area contributed by atoms with Gasteiger partial charge in [-0.25, -0.2) is 13.1 Å². The summed E-state index contributed by atoms with van der Waals surface area (Å²) in [5.74, 6) is 0. The van der Waals surface area contributed by atoms with Crippen LogP contribution in [0.15, 0.2) is 21.5 Å². The quantitative estimate of drug-likeness (QED) is 0.724. The maximum absolute atomic E-state index is 12.2. The Morgan fingerprint density at radius 2 is 2.05 bits per heavy atom. The topological polar surface area (TPSA) is 75.6 Å². The third-order valence-corrected chi connectivity index (χ3v) is 5.40. The van der Waals surface area contributed by atoms with Gasteiger partial charge in [-0.3, -0.25) is 0 Å². The highest BCUT2D eigenvalue weighted by Crippen LogP contribution is 2.27. The molecule has 20 heavy (non-hydrogen) atoms. The summed E-state index contributed by atoms with van der Waals surface area (Å²) in [4.78, 5) is 0.131. The lowest BCUT2D eigenvalue weighted by Gasteiger charge is -2.13. The second-order valence-electron chi connectivity index (χ2n) is 4.70. The normalized spacial score (nSPS) is 12.1. The van der Waals surface area contributed by atoms with Gasteiger partial charge in [0.05, 0.1) is 24.2 Å². The maximum atomic E-state index is 12.2. The number of nitrogens with one attached hydrogen (secondary N) is 1. The number of aliphatic hydroxyl groups is 1. The van der Waals surface area contributed by atoms with Crippen LogP contribution in [0.1, 0.15) is 25.0 Å². The van der Waals surface area contributed by atoms with Crippen molar-refractivity contribution in [2.24, 2.45) is 0 Å². The molecule has 1 rings (SSSR count). The molecule has 0 radical (unpaired) electrons. The van der Waals surface area contributed by atoms with Crippen LogP contribution in [0.4, 0.5) is 0 Å². The molecule has 1 aromatic carbocycles. The summed E-state index contributed by atoms with van der Waals surface area (Å²) in [6.45, 7) is 5.87. The van der Waals surface area contributed by atoms with Gasteiger partial charge >= 0.3 is 0 Å². The highest BCUT2D eigenvalue weighted by Gasteiger charge is 2.19. The van der Waals surface area contributed by atoms with Crippen LogP contribution in [0.25, 0.3) is 0 Å². The van der Waals surface area contributed by atoms with Crippen LogP contribution in [0.5, 0.6) is 0 Å². The van der Waals surface area contributed by atoms with Crippen molar-refractivity contribution in [1.29, 1.82) is 0 Å². The van der Waals surface area contributed by atoms with Gasteiger partial charge in [-0.15, -0.1) is 0 Å². The van der Waals surface area contributed by atoms with Gasteiger partial charge in [0, 0.05) is 11.0 Å². The fraction of sp³-hybridized carbons (Fsp3) is 0.538. The molecule has 114 valence electrons. The lowest BCUT2D eigenvalue weighted by Crippen LogP contribution is -2.28. The van der Waals surface area contributed by atoms with Crippen LogP contribution in [-0.4, -0.2) is 32.8 Å². The first-order chi connectivity index (χ1) is 9.27. The zero-order valence-corrected chi connectivity index (χ0v) is 14.2. The fourth-order valence-corrected chi connectivity index (χ4v) is 3.72. The van der Waals surface area contributed by atoms with Crippen molar-refractivity contribution in [3.8, 4) is 0 Å². The largest absolute Gasteiger partial charge is 0.392 e. The predicted molar refractivity (Wildman–Crippen MR) is 81.1 cm³/mol. The minimum absolute atomic E-state index is 0.0613. The summed E-state index contributed by atoms with van der Waals surface area (Å²) < 4.78 is 32.8. The smallest absolute Gasteiger partial charge is 0.241 e. The number of hydrogen-bond donors (Lipinski definition) is 2. The van der Waals surface area contributed by atoms with Crippen molar-refractivity contribution in [3.05, 3.63) is 27.7 Å². The zero-order valence-electron chi connectivity index (χ0n) is 11.8. The van der Waals surface area contributed by atoms with Crippen molar-refractivity contribution >= 4 is 26.0 Å². The van der Waals surface area contributed by atoms with Crippen LogP contribution in [0.2, 0.25) is 0 Å². The molecule has 0 heterocycles. The Kier molecular flexibility index (Phi) is 6.60. The Morgan fingerprint density at radius 3 is 2.60 bits per heavy atom. The van der Waals surface area contributed by atoms with Crippen LogP contribution in [0.3, 0.4) is 0 Å². The minimum atomic E-state index is -3.63. The minimum Gasteiger partial charge on any atom is -0.392 e. The standard InChI is InChI=1S/C13H20BrNO4S/c1-9(2)19-5-4-15-20(17,18)12-7-11(8-16)6-10(3)13(12)14/h6-7,9,15-16H,4-5,8H2,1-3H3. The molecule has 2 N–H and O–H groups in total. The van der Waals surface area contributed by atoms with E-state index in [1.165, 1.54) is 6.07 Å². The van der Waals surface area contributed by atoms with Gasteiger partial charge in [-0.2, -0.15) is 0 Å². The molecule has 0 unspecified atom stereocenters. The number of aryl methyl sites for hydroxylation is 1. The third-order valence-electron chi connectivity index (χ3n) is 2.60. The Labute approximate surface area is 128 Å². The van der Waals surface area contributed by atoms with Gasteiger partial charge in [0.1, 0.15) is 0 Å². The molecular formula is C13H20BrNO4S. The van der Waals surface area contributed by atoms with Crippen molar-refractivity contribution in [3.63, 3.8) is 0 Å². The van der Waals surface area contributed by atoms with Crippen molar-refractivity contribution in [2.45, 2.75) is 38.4 Å².